The van der Waals surface area contributed by atoms with Crippen molar-refractivity contribution in [1.82, 2.24) is 9.97 Å². The number of rotatable bonds is 5. The van der Waals surface area contributed by atoms with Crippen LogP contribution in [0.4, 0.5) is 11.6 Å². The average molecular weight is 276 g/mol. The van der Waals surface area contributed by atoms with Gasteiger partial charge in [0.1, 0.15) is 17.5 Å². The van der Waals surface area contributed by atoms with Gasteiger partial charge >= 0.3 is 0 Å². The Morgan fingerprint density at radius 2 is 1.90 bits per heavy atom. The molecule has 110 valence electrons. The maximum absolute atomic E-state index is 9.60. The third kappa shape index (κ3) is 2.87. The van der Waals surface area contributed by atoms with Gasteiger partial charge in [0.25, 0.3) is 0 Å². The van der Waals surface area contributed by atoms with E-state index in [0.29, 0.717) is 11.8 Å². The summed E-state index contributed by atoms with van der Waals surface area (Å²) in [5.41, 5.74) is 1.08. The molecule has 1 heterocycles. The molecule has 0 spiro atoms. The zero-order valence-electron chi connectivity index (χ0n) is 12.3. The number of hydrogen-bond acceptors (Lipinski definition) is 5. The second-order valence-corrected chi connectivity index (χ2v) is 6.14. The fourth-order valence-electron chi connectivity index (χ4n) is 2.95. The molecule has 2 aliphatic carbocycles. The number of nitrogens with zero attached hydrogens (tertiary/aromatic N) is 2. The van der Waals surface area contributed by atoms with Gasteiger partial charge in [0.15, 0.2) is 0 Å². The van der Waals surface area contributed by atoms with Crippen molar-refractivity contribution in [3.05, 3.63) is 11.4 Å². The highest BCUT2D eigenvalue weighted by molar-refractivity contribution is 5.57. The van der Waals surface area contributed by atoms with E-state index in [4.69, 9.17) is 4.98 Å². The molecule has 0 radical (unpaired) electrons. The van der Waals surface area contributed by atoms with E-state index in [1.54, 1.807) is 0 Å². The highest BCUT2D eigenvalue weighted by atomic mass is 16.3. The molecule has 1 aromatic heterocycles. The molecule has 0 amide bonds. The van der Waals surface area contributed by atoms with Crippen molar-refractivity contribution in [3.8, 4) is 0 Å². The summed E-state index contributed by atoms with van der Waals surface area (Å²) >= 11 is 0. The minimum atomic E-state index is -0.108. The van der Waals surface area contributed by atoms with Crippen LogP contribution < -0.4 is 10.6 Å². The first-order valence-electron chi connectivity index (χ1n) is 7.65. The molecule has 2 atom stereocenters. The minimum Gasteiger partial charge on any atom is -0.393 e. The summed E-state index contributed by atoms with van der Waals surface area (Å²) in [6.45, 7) is 2.94. The zero-order valence-corrected chi connectivity index (χ0v) is 12.3. The summed E-state index contributed by atoms with van der Waals surface area (Å²) in [6, 6.07) is 0. The van der Waals surface area contributed by atoms with Crippen LogP contribution in [0.25, 0.3) is 0 Å². The number of nitrogens with one attached hydrogen (secondary N) is 2. The molecule has 2 fully saturated rings. The first-order valence-corrected chi connectivity index (χ1v) is 7.65. The Morgan fingerprint density at radius 3 is 2.50 bits per heavy atom. The number of aliphatic hydroxyl groups is 1. The maximum atomic E-state index is 9.60. The molecule has 0 aromatic carbocycles. The Morgan fingerprint density at radius 1 is 1.15 bits per heavy atom. The first kappa shape index (κ1) is 13.6. The van der Waals surface area contributed by atoms with Crippen molar-refractivity contribution in [1.29, 1.82) is 0 Å². The third-order valence-corrected chi connectivity index (χ3v) is 4.41. The van der Waals surface area contributed by atoms with E-state index in [1.807, 2.05) is 14.0 Å². The van der Waals surface area contributed by atoms with Crippen molar-refractivity contribution in [2.75, 3.05) is 24.2 Å². The molecular weight excluding hydrogens is 252 g/mol. The molecule has 3 rings (SSSR count). The molecule has 0 aliphatic heterocycles. The summed E-state index contributed by atoms with van der Waals surface area (Å²) in [5.74, 6) is 3.95. The summed E-state index contributed by atoms with van der Waals surface area (Å²) in [6.07, 6.45) is 5.26. The van der Waals surface area contributed by atoms with Gasteiger partial charge in [0.2, 0.25) is 0 Å². The van der Waals surface area contributed by atoms with E-state index in [-0.39, 0.29) is 6.10 Å². The van der Waals surface area contributed by atoms with Crippen molar-refractivity contribution in [2.45, 2.75) is 51.0 Å². The molecule has 0 bridgehead atoms. The molecule has 5 heteroatoms. The van der Waals surface area contributed by atoms with Crippen molar-refractivity contribution < 1.29 is 5.11 Å². The average Bonchev–Trinajstić information content (AvgIpc) is 3.21. The van der Waals surface area contributed by atoms with Gasteiger partial charge in [-0.2, -0.15) is 0 Å². The predicted octanol–water partition coefficient (Wildman–Crippen LogP) is 2.28. The molecule has 1 aromatic rings. The summed E-state index contributed by atoms with van der Waals surface area (Å²) in [4.78, 5) is 9.30. The molecular formula is C15H24N4O. The van der Waals surface area contributed by atoms with Crippen LogP contribution in [0.15, 0.2) is 0 Å². The molecule has 0 saturated heterocycles. The second-order valence-electron chi connectivity index (χ2n) is 6.14. The third-order valence-electron chi connectivity index (χ3n) is 4.41. The van der Waals surface area contributed by atoms with Crippen LogP contribution in [0.3, 0.4) is 0 Å². The Bertz CT molecular complexity index is 487. The van der Waals surface area contributed by atoms with Crippen LogP contribution in [-0.2, 0) is 0 Å². The number of hydrogen-bond donors (Lipinski definition) is 3. The number of anilines is 2. The molecule has 2 saturated carbocycles. The largest absolute Gasteiger partial charge is 0.393 e. The van der Waals surface area contributed by atoms with Crippen LogP contribution in [-0.4, -0.2) is 34.8 Å². The van der Waals surface area contributed by atoms with Gasteiger partial charge in [-0.05, 0) is 44.9 Å². The topological polar surface area (TPSA) is 70.1 Å². The fraction of sp³-hybridized carbons (Fsp3) is 0.733. The molecule has 20 heavy (non-hydrogen) atoms. The molecule has 2 unspecified atom stereocenters. The lowest BCUT2D eigenvalue weighted by atomic mass is 10.1. The smallest absolute Gasteiger partial charge is 0.136 e. The maximum Gasteiger partial charge on any atom is 0.136 e. The van der Waals surface area contributed by atoms with Crippen molar-refractivity contribution in [3.63, 3.8) is 0 Å². The van der Waals surface area contributed by atoms with E-state index in [2.05, 4.69) is 15.6 Å². The van der Waals surface area contributed by atoms with E-state index in [9.17, 15) is 5.11 Å². The highest BCUT2D eigenvalue weighted by Crippen LogP contribution is 2.39. The quantitative estimate of drug-likeness (QED) is 0.769. The lowest BCUT2D eigenvalue weighted by Gasteiger charge is -2.16. The Balaban J connectivity index is 1.72. The van der Waals surface area contributed by atoms with Gasteiger partial charge < -0.3 is 15.7 Å². The normalized spacial score (nSPS) is 25.8. The monoisotopic (exact) mass is 276 g/mol. The van der Waals surface area contributed by atoms with Crippen molar-refractivity contribution in [2.24, 2.45) is 5.92 Å². The van der Waals surface area contributed by atoms with Crippen LogP contribution in [0.1, 0.15) is 49.4 Å². The summed E-state index contributed by atoms with van der Waals surface area (Å²) in [7, 11) is 1.91. The van der Waals surface area contributed by atoms with Gasteiger partial charge in [-0.15, -0.1) is 0 Å². The van der Waals surface area contributed by atoms with E-state index in [0.717, 1.165) is 48.8 Å². The zero-order chi connectivity index (χ0) is 14.1. The molecule has 2 aliphatic rings. The fourth-order valence-corrected chi connectivity index (χ4v) is 2.95. The predicted molar refractivity (Wildman–Crippen MR) is 80.1 cm³/mol. The van der Waals surface area contributed by atoms with Crippen molar-refractivity contribution >= 4 is 11.6 Å². The van der Waals surface area contributed by atoms with Gasteiger partial charge in [-0.3, -0.25) is 0 Å². The SMILES string of the molecule is CNc1nc(C2CC2)nc(NCC2CCC(O)C2)c1C. The van der Waals surface area contributed by atoms with Crippen LogP contribution in [0.5, 0.6) is 0 Å². The Hall–Kier alpha value is -1.36. The van der Waals surface area contributed by atoms with E-state index >= 15 is 0 Å². The standard InChI is InChI=1S/C15H24N4O/c1-9-13(16-2)18-15(11-4-5-11)19-14(9)17-8-10-3-6-12(20)7-10/h10-12,20H,3-8H2,1-2H3,(H2,16,17,18,19). The van der Waals surface area contributed by atoms with Crippen LogP contribution >= 0.6 is 0 Å². The van der Waals surface area contributed by atoms with Crippen LogP contribution in [0.2, 0.25) is 0 Å². The minimum absolute atomic E-state index is 0.108. The van der Waals surface area contributed by atoms with Crippen LogP contribution in [0, 0.1) is 12.8 Å². The highest BCUT2D eigenvalue weighted by Gasteiger charge is 2.28. The van der Waals surface area contributed by atoms with Gasteiger partial charge in [-0.1, -0.05) is 0 Å². The Labute approximate surface area is 120 Å². The second kappa shape index (κ2) is 5.56. The lowest BCUT2D eigenvalue weighted by Crippen LogP contribution is -2.16. The van der Waals surface area contributed by atoms with Gasteiger partial charge in [-0.25, -0.2) is 9.97 Å². The van der Waals surface area contributed by atoms with Gasteiger partial charge in [0, 0.05) is 25.1 Å². The number of aliphatic hydroxyl groups excluding tert-OH is 1. The first-order chi connectivity index (χ1) is 9.67. The molecule has 5 nitrogen and oxygen atoms in total. The molecule has 3 N–H and O–H groups in total. The summed E-state index contributed by atoms with van der Waals surface area (Å²) < 4.78 is 0. The summed E-state index contributed by atoms with van der Waals surface area (Å²) in [5, 5.41) is 16.2. The Kier molecular flexibility index (Phi) is 3.78. The van der Waals surface area contributed by atoms with Gasteiger partial charge in [0.05, 0.1) is 6.10 Å². The number of aromatic nitrogens is 2. The lowest BCUT2D eigenvalue weighted by molar-refractivity contribution is 0.178. The van der Waals surface area contributed by atoms with E-state index in [1.165, 1.54) is 12.8 Å². The van der Waals surface area contributed by atoms with E-state index < -0.39 is 0 Å².